The van der Waals surface area contributed by atoms with Crippen LogP contribution in [0.15, 0.2) is 12.4 Å². The van der Waals surface area contributed by atoms with Gasteiger partial charge in [0.2, 0.25) is 10.0 Å². The average Bonchev–Trinajstić information content (AvgIpc) is 2.08. The van der Waals surface area contributed by atoms with E-state index in [4.69, 9.17) is 9.90 Å². The Labute approximate surface area is 87.2 Å². The number of nitrogens with one attached hydrogen (secondary N) is 1. The van der Waals surface area contributed by atoms with E-state index in [1.54, 1.807) is 6.92 Å². The van der Waals surface area contributed by atoms with Crippen LogP contribution in [0.4, 0.5) is 5.82 Å². The third-order valence-corrected chi connectivity index (χ3v) is 1.65. The van der Waals surface area contributed by atoms with Gasteiger partial charge in [0, 0.05) is 0 Å². The number of anilines is 1. The van der Waals surface area contributed by atoms with Crippen LogP contribution in [0.25, 0.3) is 0 Å². The monoisotopic (exact) mass is 233 g/mol. The molecule has 8 heteroatoms. The quantitative estimate of drug-likeness (QED) is 0.688. The molecule has 0 aliphatic rings. The van der Waals surface area contributed by atoms with Gasteiger partial charge in [-0.05, 0) is 6.92 Å². The predicted molar refractivity (Wildman–Crippen MR) is 53.9 cm³/mol. The largest absolute Gasteiger partial charge is 0.483 e. The minimum atomic E-state index is -3.24. The van der Waals surface area contributed by atoms with Gasteiger partial charge in [-0.1, -0.05) is 0 Å². The van der Waals surface area contributed by atoms with Crippen molar-refractivity contribution in [2.75, 3.05) is 11.0 Å². The lowest BCUT2D eigenvalue weighted by molar-refractivity contribution is -0.122. The van der Waals surface area contributed by atoms with Gasteiger partial charge in [-0.2, -0.15) is 0 Å². The van der Waals surface area contributed by atoms with Crippen LogP contribution in [0.3, 0.4) is 0 Å². The second-order valence-corrected chi connectivity index (χ2v) is 4.27. The predicted octanol–water partition coefficient (Wildman–Crippen LogP) is -0.143. The molecule has 0 atom stereocenters. The Morgan fingerprint density at radius 1 is 1.40 bits per heavy atom. The van der Waals surface area contributed by atoms with E-state index in [2.05, 4.69) is 14.7 Å². The lowest BCUT2D eigenvalue weighted by Crippen LogP contribution is -2.10. The highest BCUT2D eigenvalue weighted by molar-refractivity contribution is 7.92. The molecule has 1 aromatic rings. The van der Waals surface area contributed by atoms with Crippen molar-refractivity contribution >= 4 is 22.3 Å². The molecule has 1 aromatic heterocycles. The molecule has 0 saturated carbocycles. The molecule has 0 radical (unpaired) electrons. The Balaban J connectivity index is 0.000000583. The van der Waals surface area contributed by atoms with Gasteiger partial charge in [-0.3, -0.25) is 14.5 Å². The number of carbonyl (C=O) groups is 1. The first-order valence-corrected chi connectivity index (χ1v) is 5.62. The van der Waals surface area contributed by atoms with Gasteiger partial charge < -0.3 is 5.11 Å². The second-order valence-electron chi connectivity index (χ2n) is 2.52. The third-order valence-electron chi connectivity index (χ3n) is 1.07. The molecule has 2 N–H and O–H groups in total. The number of hydrogen-bond acceptors (Lipinski definition) is 5. The summed E-state index contributed by atoms with van der Waals surface area (Å²) < 4.78 is 23.6. The highest BCUT2D eigenvalue weighted by Crippen LogP contribution is 2.01. The van der Waals surface area contributed by atoms with Crippen molar-refractivity contribution in [2.45, 2.75) is 6.92 Å². The first-order valence-electron chi connectivity index (χ1n) is 3.73. The van der Waals surface area contributed by atoms with Crippen LogP contribution in [-0.2, 0) is 14.8 Å². The summed E-state index contributed by atoms with van der Waals surface area (Å²) in [4.78, 5) is 16.0. The topological polar surface area (TPSA) is 109 Å². The molecule has 0 saturated heterocycles. The zero-order valence-corrected chi connectivity index (χ0v) is 9.02. The van der Waals surface area contributed by atoms with Crippen LogP contribution < -0.4 is 4.72 Å². The van der Waals surface area contributed by atoms with Crippen molar-refractivity contribution in [3.05, 3.63) is 18.1 Å². The third kappa shape index (κ3) is 7.38. The molecule has 1 rings (SSSR count). The van der Waals surface area contributed by atoms with E-state index in [1.807, 2.05) is 0 Å². The van der Waals surface area contributed by atoms with Crippen LogP contribution in [0.2, 0.25) is 0 Å². The van der Waals surface area contributed by atoms with E-state index in [-0.39, 0.29) is 12.3 Å². The number of aryl methyl sites for hydroxylation is 1. The van der Waals surface area contributed by atoms with Gasteiger partial charge >= 0.3 is 0 Å². The maximum absolute atomic E-state index is 10.7. The average molecular weight is 233 g/mol. The molecule has 1 heterocycles. The standard InChI is InChI=1S/C6H9N3O2S.CH2O2/c1-5-3-8-6(4-7-5)9-12(2,10)11;2-1-3/h3-4H,1-2H3,(H,8,9);1H,(H,2,3). The fraction of sp³-hybridized carbons (Fsp3) is 0.286. The lowest BCUT2D eigenvalue weighted by Gasteiger charge is -2.00. The summed E-state index contributed by atoms with van der Waals surface area (Å²) in [6.07, 6.45) is 3.93. The Bertz CT molecular complexity index is 401. The van der Waals surface area contributed by atoms with Crippen LogP contribution in [-0.4, -0.2) is 36.2 Å². The first-order chi connectivity index (χ1) is 6.89. The summed E-state index contributed by atoms with van der Waals surface area (Å²) in [5.74, 6) is 0.239. The Kier molecular flexibility index (Phi) is 5.24. The molecule has 0 spiro atoms. The van der Waals surface area contributed by atoms with Gasteiger partial charge in [-0.25, -0.2) is 13.4 Å². The van der Waals surface area contributed by atoms with Gasteiger partial charge in [0.05, 0.1) is 24.3 Å². The fourth-order valence-corrected chi connectivity index (χ4v) is 1.12. The van der Waals surface area contributed by atoms with Crippen molar-refractivity contribution in [1.29, 1.82) is 0 Å². The summed E-state index contributed by atoms with van der Waals surface area (Å²) in [5, 5.41) is 6.89. The number of rotatable bonds is 2. The number of sulfonamides is 1. The summed E-state index contributed by atoms with van der Waals surface area (Å²) >= 11 is 0. The van der Waals surface area contributed by atoms with Gasteiger partial charge in [0.25, 0.3) is 6.47 Å². The van der Waals surface area contributed by atoms with Gasteiger partial charge in [0.15, 0.2) is 5.82 Å². The van der Waals surface area contributed by atoms with Crippen molar-refractivity contribution in [3.8, 4) is 0 Å². The van der Waals surface area contributed by atoms with Crippen LogP contribution in [0.5, 0.6) is 0 Å². The van der Waals surface area contributed by atoms with Crippen LogP contribution in [0, 0.1) is 6.92 Å². The summed E-state index contributed by atoms with van der Waals surface area (Å²) in [7, 11) is -3.24. The number of nitrogens with zero attached hydrogens (tertiary/aromatic N) is 2. The molecular weight excluding hydrogens is 222 g/mol. The van der Waals surface area contributed by atoms with Crippen molar-refractivity contribution in [1.82, 2.24) is 9.97 Å². The van der Waals surface area contributed by atoms with E-state index in [0.29, 0.717) is 0 Å². The Hall–Kier alpha value is -1.70. The Morgan fingerprint density at radius 2 is 1.93 bits per heavy atom. The molecular formula is C7H11N3O4S. The van der Waals surface area contributed by atoms with Crippen molar-refractivity contribution in [3.63, 3.8) is 0 Å². The summed E-state index contributed by atoms with van der Waals surface area (Å²) in [6, 6.07) is 0. The van der Waals surface area contributed by atoms with Gasteiger partial charge in [-0.15, -0.1) is 0 Å². The van der Waals surface area contributed by atoms with Crippen LogP contribution >= 0.6 is 0 Å². The molecule has 0 fully saturated rings. The summed E-state index contributed by atoms with van der Waals surface area (Å²) in [6.45, 7) is 1.53. The highest BCUT2D eigenvalue weighted by atomic mass is 32.2. The van der Waals surface area contributed by atoms with Crippen molar-refractivity contribution < 1.29 is 18.3 Å². The zero-order valence-electron chi connectivity index (χ0n) is 8.21. The molecule has 0 unspecified atom stereocenters. The number of hydrogen-bond donors (Lipinski definition) is 2. The normalized spacial score (nSPS) is 9.73. The van der Waals surface area contributed by atoms with Crippen LogP contribution in [0.1, 0.15) is 5.69 Å². The first kappa shape index (κ1) is 13.3. The smallest absolute Gasteiger partial charge is 0.290 e. The van der Waals surface area contributed by atoms with Crippen molar-refractivity contribution in [2.24, 2.45) is 0 Å². The second kappa shape index (κ2) is 5.91. The molecule has 84 valence electrons. The van der Waals surface area contributed by atoms with E-state index in [9.17, 15) is 8.42 Å². The Morgan fingerprint density at radius 3 is 2.27 bits per heavy atom. The molecule has 0 bridgehead atoms. The SMILES string of the molecule is Cc1cnc(NS(C)(=O)=O)cn1.O=CO. The molecule has 0 aliphatic carbocycles. The van der Waals surface area contributed by atoms with E-state index in [1.165, 1.54) is 12.4 Å². The van der Waals surface area contributed by atoms with E-state index < -0.39 is 10.0 Å². The maximum atomic E-state index is 10.7. The minimum Gasteiger partial charge on any atom is -0.483 e. The highest BCUT2D eigenvalue weighted by Gasteiger charge is 2.01. The molecule has 7 nitrogen and oxygen atoms in total. The molecule has 0 amide bonds. The maximum Gasteiger partial charge on any atom is 0.290 e. The minimum absolute atomic E-state index is 0.239. The number of aromatic nitrogens is 2. The molecule has 0 aliphatic heterocycles. The summed E-state index contributed by atoms with van der Waals surface area (Å²) in [5.41, 5.74) is 0.744. The van der Waals surface area contributed by atoms with E-state index in [0.717, 1.165) is 11.9 Å². The lowest BCUT2D eigenvalue weighted by atomic mass is 10.5. The number of carboxylic acid groups (broad SMARTS) is 1. The molecule has 15 heavy (non-hydrogen) atoms. The van der Waals surface area contributed by atoms with Gasteiger partial charge in [0.1, 0.15) is 0 Å². The zero-order chi connectivity index (χ0) is 11.9. The molecule has 0 aromatic carbocycles. The fourth-order valence-electron chi connectivity index (χ4n) is 0.635. The van der Waals surface area contributed by atoms with E-state index >= 15 is 0 Å².